The molecule has 0 aromatic heterocycles. The van der Waals surface area contributed by atoms with Gasteiger partial charge in [-0.25, -0.2) is 9.69 Å². The fourth-order valence-electron chi connectivity index (χ4n) is 1.97. The van der Waals surface area contributed by atoms with Crippen molar-refractivity contribution in [3.8, 4) is 5.75 Å². The maximum Gasteiger partial charge on any atom is 0.341 e. The first-order valence-electron chi connectivity index (χ1n) is 5.94. The zero-order valence-corrected chi connectivity index (χ0v) is 10.3. The number of likely N-dealkylation sites (tertiary alicyclic amines) is 1. The molecule has 0 amide bonds. The largest absolute Gasteiger partial charge is 0.465 e. The highest BCUT2D eigenvalue weighted by atomic mass is 19.1. The lowest BCUT2D eigenvalue weighted by atomic mass is 10.2. The van der Waals surface area contributed by atoms with Crippen molar-refractivity contribution in [3.63, 3.8) is 0 Å². The van der Waals surface area contributed by atoms with Crippen molar-refractivity contribution in [1.29, 1.82) is 0 Å². The Morgan fingerprint density at radius 3 is 2.67 bits per heavy atom. The van der Waals surface area contributed by atoms with Crippen molar-refractivity contribution in [2.45, 2.75) is 19.3 Å². The van der Waals surface area contributed by atoms with Gasteiger partial charge in [0, 0.05) is 13.1 Å². The van der Waals surface area contributed by atoms with Crippen LogP contribution in [-0.2, 0) is 4.74 Å². The second kappa shape index (κ2) is 5.82. The van der Waals surface area contributed by atoms with Crippen LogP contribution < -0.4 is 4.74 Å². The number of hydrogen-bond donors (Lipinski definition) is 0. The van der Waals surface area contributed by atoms with Crippen LogP contribution in [0.25, 0.3) is 0 Å². The average Bonchev–Trinajstić information content (AvgIpc) is 2.92. The third-order valence-electron chi connectivity index (χ3n) is 2.94. The van der Waals surface area contributed by atoms with E-state index in [0.29, 0.717) is 13.1 Å². The Bertz CT molecular complexity index is 418. The molecule has 1 fully saturated rings. The van der Waals surface area contributed by atoms with Gasteiger partial charge in [-0.1, -0.05) is 12.1 Å². The minimum atomic E-state index is -1.52. The Balaban J connectivity index is 2.10. The molecule has 0 bridgehead atoms. The molecule has 1 saturated heterocycles. The molecule has 18 heavy (non-hydrogen) atoms. The molecule has 5 heteroatoms. The molecule has 1 atom stereocenters. The van der Waals surface area contributed by atoms with Crippen molar-refractivity contribution in [2.75, 3.05) is 20.2 Å². The third-order valence-corrected chi connectivity index (χ3v) is 2.94. The summed E-state index contributed by atoms with van der Waals surface area (Å²) in [4.78, 5) is 13.1. The van der Waals surface area contributed by atoms with E-state index in [9.17, 15) is 9.18 Å². The lowest BCUT2D eigenvalue weighted by molar-refractivity contribution is -0.0625. The van der Waals surface area contributed by atoms with E-state index in [-0.39, 0.29) is 11.3 Å². The number of benzene rings is 1. The monoisotopic (exact) mass is 253 g/mol. The molecule has 1 unspecified atom stereocenters. The first kappa shape index (κ1) is 12.8. The summed E-state index contributed by atoms with van der Waals surface area (Å²) in [5.41, 5.74) is 0.238. The number of carbonyl (C=O) groups excluding carboxylic acids is 1. The fourth-order valence-corrected chi connectivity index (χ4v) is 1.97. The summed E-state index contributed by atoms with van der Waals surface area (Å²) < 4.78 is 23.7. The van der Waals surface area contributed by atoms with Gasteiger partial charge in [-0.15, -0.1) is 0 Å². The highest BCUT2D eigenvalue weighted by molar-refractivity contribution is 5.92. The van der Waals surface area contributed by atoms with E-state index >= 15 is 0 Å². The van der Waals surface area contributed by atoms with Gasteiger partial charge in [0.2, 0.25) is 0 Å². The first-order valence-corrected chi connectivity index (χ1v) is 5.94. The van der Waals surface area contributed by atoms with Crippen LogP contribution in [0, 0.1) is 0 Å². The standard InChI is InChI=1S/C13H16FNO3/c1-17-12(16)10-6-2-3-7-11(10)18-13(14)15-8-4-5-9-15/h2-3,6-7,13H,4-5,8-9H2,1H3. The van der Waals surface area contributed by atoms with Crippen LogP contribution in [-0.4, -0.2) is 37.6 Å². The summed E-state index contributed by atoms with van der Waals surface area (Å²) >= 11 is 0. The molecule has 98 valence electrons. The van der Waals surface area contributed by atoms with E-state index in [1.807, 2.05) is 0 Å². The second-order valence-corrected chi connectivity index (χ2v) is 4.14. The number of carbonyl (C=O) groups is 1. The van der Waals surface area contributed by atoms with Crippen LogP contribution in [0.3, 0.4) is 0 Å². The lowest BCUT2D eigenvalue weighted by Crippen LogP contribution is -2.33. The zero-order valence-electron chi connectivity index (χ0n) is 10.3. The molecule has 0 N–H and O–H groups in total. The zero-order chi connectivity index (χ0) is 13.0. The van der Waals surface area contributed by atoms with E-state index < -0.39 is 12.5 Å². The smallest absolute Gasteiger partial charge is 0.341 e. The molecule has 0 saturated carbocycles. The molecule has 1 aliphatic rings. The summed E-state index contributed by atoms with van der Waals surface area (Å²) in [6, 6.07) is 6.49. The molecule has 1 aromatic carbocycles. The molecule has 0 spiro atoms. The summed E-state index contributed by atoms with van der Waals surface area (Å²) in [7, 11) is 1.28. The lowest BCUT2D eigenvalue weighted by Gasteiger charge is -2.21. The van der Waals surface area contributed by atoms with Crippen LogP contribution in [0.15, 0.2) is 24.3 Å². The SMILES string of the molecule is COC(=O)c1ccccc1OC(F)N1CCCC1. The topological polar surface area (TPSA) is 38.8 Å². The number of alkyl halides is 1. The third kappa shape index (κ3) is 2.79. The van der Waals surface area contributed by atoms with Gasteiger partial charge in [-0.3, -0.25) is 0 Å². The summed E-state index contributed by atoms with van der Waals surface area (Å²) in [5, 5.41) is 0. The molecule has 4 nitrogen and oxygen atoms in total. The Morgan fingerprint density at radius 1 is 1.33 bits per heavy atom. The van der Waals surface area contributed by atoms with Crippen molar-refractivity contribution in [2.24, 2.45) is 0 Å². The molecular formula is C13H16FNO3. The normalized spacial score (nSPS) is 17.4. The minimum Gasteiger partial charge on any atom is -0.465 e. The van der Waals surface area contributed by atoms with Gasteiger partial charge in [0.15, 0.2) is 0 Å². The second-order valence-electron chi connectivity index (χ2n) is 4.14. The van der Waals surface area contributed by atoms with E-state index in [1.165, 1.54) is 7.11 Å². The average molecular weight is 253 g/mol. The van der Waals surface area contributed by atoms with Crippen molar-refractivity contribution in [3.05, 3.63) is 29.8 Å². The summed E-state index contributed by atoms with van der Waals surface area (Å²) in [6.07, 6.45) is 1.95. The predicted molar refractivity (Wildman–Crippen MR) is 64.1 cm³/mol. The van der Waals surface area contributed by atoms with E-state index in [4.69, 9.17) is 4.74 Å². The fraction of sp³-hybridized carbons (Fsp3) is 0.462. The molecule has 1 aliphatic heterocycles. The minimum absolute atomic E-state index is 0.212. The van der Waals surface area contributed by atoms with Crippen LogP contribution >= 0.6 is 0 Å². The van der Waals surface area contributed by atoms with E-state index in [2.05, 4.69) is 4.74 Å². The number of hydrogen-bond acceptors (Lipinski definition) is 4. The maximum absolute atomic E-state index is 13.9. The van der Waals surface area contributed by atoms with Gasteiger partial charge in [0.1, 0.15) is 11.3 Å². The van der Waals surface area contributed by atoms with Gasteiger partial charge in [-0.05, 0) is 25.0 Å². The highest BCUT2D eigenvalue weighted by Crippen LogP contribution is 2.23. The number of para-hydroxylation sites is 1. The Kier molecular flexibility index (Phi) is 4.15. The number of methoxy groups -OCH3 is 1. The van der Waals surface area contributed by atoms with E-state index in [0.717, 1.165) is 12.8 Å². The molecule has 1 aromatic rings. The highest BCUT2D eigenvalue weighted by Gasteiger charge is 2.24. The predicted octanol–water partition coefficient (Wildman–Crippen LogP) is 2.20. The molecular weight excluding hydrogens is 237 g/mol. The van der Waals surface area contributed by atoms with Crippen LogP contribution in [0.1, 0.15) is 23.2 Å². The Labute approximate surface area is 105 Å². The van der Waals surface area contributed by atoms with Crippen LogP contribution in [0.4, 0.5) is 4.39 Å². The summed E-state index contributed by atoms with van der Waals surface area (Å²) in [5.74, 6) is -0.317. The van der Waals surface area contributed by atoms with Crippen molar-refractivity contribution in [1.82, 2.24) is 4.90 Å². The Morgan fingerprint density at radius 2 is 2.00 bits per heavy atom. The molecule has 0 aliphatic carbocycles. The van der Waals surface area contributed by atoms with Crippen LogP contribution in [0.5, 0.6) is 5.75 Å². The van der Waals surface area contributed by atoms with Crippen molar-refractivity contribution >= 4 is 5.97 Å². The first-order chi connectivity index (χ1) is 8.72. The van der Waals surface area contributed by atoms with Gasteiger partial charge in [-0.2, -0.15) is 4.39 Å². The summed E-state index contributed by atoms with van der Waals surface area (Å²) in [6.45, 7) is -0.151. The van der Waals surface area contributed by atoms with Crippen LogP contribution in [0.2, 0.25) is 0 Å². The Hall–Kier alpha value is -1.62. The van der Waals surface area contributed by atoms with Gasteiger partial charge in [0.25, 0.3) is 6.48 Å². The van der Waals surface area contributed by atoms with E-state index in [1.54, 1.807) is 29.2 Å². The number of halogens is 1. The number of ether oxygens (including phenoxy) is 2. The maximum atomic E-state index is 13.9. The molecule has 1 heterocycles. The van der Waals surface area contributed by atoms with Gasteiger partial charge >= 0.3 is 5.97 Å². The number of nitrogens with zero attached hydrogens (tertiary/aromatic N) is 1. The van der Waals surface area contributed by atoms with Gasteiger partial charge < -0.3 is 9.47 Å². The molecule has 0 radical (unpaired) electrons. The quantitative estimate of drug-likeness (QED) is 0.609. The van der Waals surface area contributed by atoms with Crippen molar-refractivity contribution < 1.29 is 18.7 Å². The van der Waals surface area contributed by atoms with Gasteiger partial charge in [0.05, 0.1) is 7.11 Å². The number of rotatable bonds is 4. The molecule has 2 rings (SSSR count). The number of esters is 1.